The summed E-state index contributed by atoms with van der Waals surface area (Å²) < 4.78 is 0. The smallest absolute Gasteiger partial charge is 0.252 e. The molecule has 0 saturated carbocycles. The highest BCUT2D eigenvalue weighted by molar-refractivity contribution is 5.94. The van der Waals surface area contributed by atoms with Gasteiger partial charge in [-0.2, -0.15) is 0 Å². The van der Waals surface area contributed by atoms with Gasteiger partial charge in [-0.05, 0) is 43.0 Å². The van der Waals surface area contributed by atoms with E-state index in [2.05, 4.69) is 35.5 Å². The maximum atomic E-state index is 12.1. The lowest BCUT2D eigenvalue weighted by molar-refractivity contribution is 0.0951. The Labute approximate surface area is 132 Å². The summed E-state index contributed by atoms with van der Waals surface area (Å²) in [6.45, 7) is 7.01. The van der Waals surface area contributed by atoms with Gasteiger partial charge in [0.05, 0.1) is 17.4 Å². The van der Waals surface area contributed by atoms with E-state index in [1.54, 1.807) is 12.4 Å². The van der Waals surface area contributed by atoms with Gasteiger partial charge in [0, 0.05) is 18.4 Å². The number of carbonyl (C=O) groups is 1. The average Bonchev–Trinajstić information content (AvgIpc) is 2.47. The lowest BCUT2D eigenvalue weighted by Gasteiger charge is -2.10. The van der Waals surface area contributed by atoms with Crippen LogP contribution in [-0.4, -0.2) is 17.4 Å². The Kier molecular flexibility index (Phi) is 5.53. The fraction of sp³-hybridized carbons (Fsp3) is 0.333. The van der Waals surface area contributed by atoms with Crippen LogP contribution in [0.2, 0.25) is 0 Å². The Balaban J connectivity index is 2.01. The molecule has 22 heavy (non-hydrogen) atoms. The second-order valence-electron chi connectivity index (χ2n) is 5.90. The zero-order valence-corrected chi connectivity index (χ0v) is 13.4. The number of nitrogens with zero attached hydrogens (tertiary/aromatic N) is 1. The van der Waals surface area contributed by atoms with E-state index in [9.17, 15) is 4.79 Å². The predicted molar refractivity (Wildman–Crippen MR) is 90.5 cm³/mol. The number of nitrogens with one attached hydrogen (secondary N) is 2. The molecule has 0 spiro atoms. The molecule has 0 aliphatic heterocycles. The van der Waals surface area contributed by atoms with Crippen LogP contribution in [0.4, 0.5) is 11.4 Å². The second-order valence-corrected chi connectivity index (χ2v) is 5.90. The van der Waals surface area contributed by atoms with Crippen molar-refractivity contribution >= 4 is 17.3 Å². The molecule has 0 bridgehead atoms. The highest BCUT2D eigenvalue weighted by Gasteiger charge is 2.07. The molecule has 0 aliphatic rings. The number of pyridine rings is 1. The number of rotatable bonds is 6. The molecule has 0 aliphatic carbocycles. The van der Waals surface area contributed by atoms with Crippen LogP contribution in [0.15, 0.2) is 42.7 Å². The van der Waals surface area contributed by atoms with E-state index >= 15 is 0 Å². The molecule has 0 atom stereocenters. The standard InChI is InChI=1S/C18H23N3O/c1-13(2)7-8-20-18(22)15-10-17(12-19-11-15)21-16-6-4-5-14(3)9-16/h4-6,9-13,21H,7-8H2,1-3H3,(H,20,22). The molecule has 4 heteroatoms. The molecule has 2 aromatic rings. The number of carbonyl (C=O) groups excluding carboxylic acids is 1. The van der Waals surface area contributed by atoms with Gasteiger partial charge < -0.3 is 10.6 Å². The van der Waals surface area contributed by atoms with Crippen molar-refractivity contribution in [3.63, 3.8) is 0 Å². The molecule has 1 aromatic carbocycles. The fourth-order valence-electron chi connectivity index (χ4n) is 2.10. The van der Waals surface area contributed by atoms with Crippen molar-refractivity contribution in [3.8, 4) is 0 Å². The van der Waals surface area contributed by atoms with Gasteiger partial charge in [0.25, 0.3) is 5.91 Å². The van der Waals surface area contributed by atoms with Gasteiger partial charge in [0.15, 0.2) is 0 Å². The number of benzene rings is 1. The van der Waals surface area contributed by atoms with Crippen LogP contribution >= 0.6 is 0 Å². The highest BCUT2D eigenvalue weighted by Crippen LogP contribution is 2.17. The lowest BCUT2D eigenvalue weighted by atomic mass is 10.1. The monoisotopic (exact) mass is 297 g/mol. The summed E-state index contributed by atoms with van der Waals surface area (Å²) in [5.74, 6) is 0.494. The first-order chi connectivity index (χ1) is 10.5. The van der Waals surface area contributed by atoms with Gasteiger partial charge in [-0.25, -0.2) is 0 Å². The van der Waals surface area contributed by atoms with Crippen molar-refractivity contribution in [2.75, 3.05) is 11.9 Å². The Morgan fingerprint density at radius 2 is 2.00 bits per heavy atom. The minimum Gasteiger partial charge on any atom is -0.354 e. The van der Waals surface area contributed by atoms with E-state index in [1.165, 1.54) is 5.56 Å². The van der Waals surface area contributed by atoms with E-state index in [4.69, 9.17) is 0 Å². The Hall–Kier alpha value is -2.36. The molecule has 0 saturated heterocycles. The number of amides is 1. The van der Waals surface area contributed by atoms with Gasteiger partial charge in [0.2, 0.25) is 0 Å². The van der Waals surface area contributed by atoms with Crippen LogP contribution in [-0.2, 0) is 0 Å². The molecule has 4 nitrogen and oxygen atoms in total. The number of hydrogen-bond donors (Lipinski definition) is 2. The van der Waals surface area contributed by atoms with Crippen LogP contribution < -0.4 is 10.6 Å². The van der Waals surface area contributed by atoms with E-state index in [1.807, 2.05) is 31.2 Å². The van der Waals surface area contributed by atoms with Gasteiger partial charge >= 0.3 is 0 Å². The summed E-state index contributed by atoms with van der Waals surface area (Å²) in [7, 11) is 0. The molecule has 1 amide bonds. The van der Waals surface area contributed by atoms with E-state index in [-0.39, 0.29) is 5.91 Å². The van der Waals surface area contributed by atoms with Crippen LogP contribution in [0.25, 0.3) is 0 Å². The average molecular weight is 297 g/mol. The van der Waals surface area contributed by atoms with Gasteiger partial charge in [-0.1, -0.05) is 26.0 Å². The number of aryl methyl sites for hydroxylation is 1. The third-order valence-electron chi connectivity index (χ3n) is 3.31. The molecule has 0 radical (unpaired) electrons. The number of aromatic nitrogens is 1. The maximum Gasteiger partial charge on any atom is 0.252 e. The van der Waals surface area contributed by atoms with E-state index < -0.39 is 0 Å². The second kappa shape index (κ2) is 7.59. The normalized spacial score (nSPS) is 10.5. The van der Waals surface area contributed by atoms with E-state index in [0.717, 1.165) is 17.8 Å². The van der Waals surface area contributed by atoms with Crippen molar-refractivity contribution in [3.05, 3.63) is 53.9 Å². The Morgan fingerprint density at radius 3 is 2.73 bits per heavy atom. The molecular weight excluding hydrogens is 274 g/mol. The van der Waals surface area contributed by atoms with Gasteiger partial charge in [-0.15, -0.1) is 0 Å². The topological polar surface area (TPSA) is 54.0 Å². The summed E-state index contributed by atoms with van der Waals surface area (Å²) in [5.41, 5.74) is 3.54. The summed E-state index contributed by atoms with van der Waals surface area (Å²) in [5, 5.41) is 6.20. The van der Waals surface area contributed by atoms with Crippen molar-refractivity contribution in [1.29, 1.82) is 0 Å². The largest absolute Gasteiger partial charge is 0.354 e. The predicted octanol–water partition coefficient (Wildman–Crippen LogP) is 3.91. The molecule has 0 unspecified atom stereocenters. The zero-order valence-electron chi connectivity index (χ0n) is 13.4. The van der Waals surface area contributed by atoms with Crippen molar-refractivity contribution in [1.82, 2.24) is 10.3 Å². The van der Waals surface area contributed by atoms with Crippen LogP contribution in [0.5, 0.6) is 0 Å². The molecule has 2 N–H and O–H groups in total. The molecule has 116 valence electrons. The van der Waals surface area contributed by atoms with Crippen molar-refractivity contribution in [2.24, 2.45) is 5.92 Å². The quantitative estimate of drug-likeness (QED) is 0.850. The van der Waals surface area contributed by atoms with Gasteiger partial charge in [-0.3, -0.25) is 9.78 Å². The zero-order chi connectivity index (χ0) is 15.9. The lowest BCUT2D eigenvalue weighted by Crippen LogP contribution is -2.25. The first kappa shape index (κ1) is 16.0. The minimum absolute atomic E-state index is 0.0824. The summed E-state index contributed by atoms with van der Waals surface area (Å²) in [6, 6.07) is 9.90. The first-order valence-electron chi connectivity index (χ1n) is 7.61. The maximum absolute atomic E-state index is 12.1. The molecular formula is C18H23N3O. The summed E-state index contributed by atoms with van der Waals surface area (Å²) in [4.78, 5) is 16.3. The van der Waals surface area contributed by atoms with Crippen molar-refractivity contribution < 1.29 is 4.79 Å². The molecule has 2 rings (SSSR count). The third-order valence-corrected chi connectivity index (χ3v) is 3.31. The molecule has 1 aromatic heterocycles. The van der Waals surface area contributed by atoms with E-state index in [0.29, 0.717) is 18.0 Å². The Bertz CT molecular complexity index is 638. The van der Waals surface area contributed by atoms with Crippen molar-refractivity contribution in [2.45, 2.75) is 27.2 Å². The fourth-order valence-corrected chi connectivity index (χ4v) is 2.10. The Morgan fingerprint density at radius 1 is 1.18 bits per heavy atom. The van der Waals surface area contributed by atoms with Gasteiger partial charge in [0.1, 0.15) is 0 Å². The summed E-state index contributed by atoms with van der Waals surface area (Å²) in [6.07, 6.45) is 4.28. The molecule has 0 fully saturated rings. The van der Waals surface area contributed by atoms with Crippen LogP contribution in [0.1, 0.15) is 36.2 Å². The SMILES string of the molecule is Cc1cccc(Nc2cncc(C(=O)NCCC(C)C)c2)c1. The minimum atomic E-state index is -0.0824. The van der Waals surface area contributed by atoms with Crippen LogP contribution in [0, 0.1) is 12.8 Å². The highest BCUT2D eigenvalue weighted by atomic mass is 16.1. The number of anilines is 2. The van der Waals surface area contributed by atoms with Crippen LogP contribution in [0.3, 0.4) is 0 Å². The first-order valence-corrected chi connectivity index (χ1v) is 7.61. The third kappa shape index (κ3) is 4.88. The number of hydrogen-bond acceptors (Lipinski definition) is 3. The molecule has 1 heterocycles. The summed E-state index contributed by atoms with van der Waals surface area (Å²) >= 11 is 0.